The second-order valence-electron chi connectivity index (χ2n) is 7.02. The molecule has 2 rings (SSSR count). The lowest BCUT2D eigenvalue weighted by Crippen LogP contribution is -2.20. The van der Waals surface area contributed by atoms with Gasteiger partial charge in [-0.25, -0.2) is 0 Å². The Kier molecular flexibility index (Phi) is 12.3. The van der Waals surface area contributed by atoms with Crippen LogP contribution in [0.2, 0.25) is 0 Å². The number of aliphatic hydroxyl groups is 1. The lowest BCUT2D eigenvalue weighted by molar-refractivity contribution is 0.220. The van der Waals surface area contributed by atoms with Crippen LogP contribution in [-0.4, -0.2) is 61.0 Å². The maximum Gasteiger partial charge on any atom is 0.0471 e. The Morgan fingerprint density at radius 2 is 1.92 bits per heavy atom. The van der Waals surface area contributed by atoms with Crippen LogP contribution in [0.3, 0.4) is 0 Å². The first kappa shape index (κ1) is 22.5. The van der Waals surface area contributed by atoms with Gasteiger partial charge in [0.1, 0.15) is 0 Å². The number of unbranched alkanes of at least 4 members (excludes halogenated alkanes) is 2. The summed E-state index contributed by atoms with van der Waals surface area (Å²) in [6.45, 7) is 10.4. The number of aliphatic hydroxyl groups excluding tert-OH is 1. The molecule has 4 heteroatoms. The quantitative estimate of drug-likeness (QED) is 0.519. The fraction of sp³-hybridized carbons (Fsp3) is 0.714. The topological polar surface area (TPSA) is 26.7 Å². The molecule has 1 aliphatic heterocycles. The molecule has 0 saturated carbocycles. The highest BCUT2D eigenvalue weighted by atomic mass is 32.2. The highest BCUT2D eigenvalue weighted by Gasteiger charge is 2.21. The van der Waals surface area contributed by atoms with E-state index in [0.29, 0.717) is 12.5 Å². The molecule has 0 amide bonds. The summed E-state index contributed by atoms with van der Waals surface area (Å²) in [5.41, 5.74) is 1.37. The standard InChI is InChI=1S/C13H19NOS.C8H19N/c1-16-13-4-2-11(3-5-13)8-14-7-6-12(9-14)10-15;1-4-6-7-8-9(3)5-2/h2-5,12,15H,6-10H2,1H3;4-8H2,1-3H3/t12-;/m1./s1. The van der Waals surface area contributed by atoms with E-state index < -0.39 is 0 Å². The van der Waals surface area contributed by atoms with E-state index in [-0.39, 0.29) is 0 Å². The van der Waals surface area contributed by atoms with E-state index in [9.17, 15) is 0 Å². The predicted molar refractivity (Wildman–Crippen MR) is 111 cm³/mol. The van der Waals surface area contributed by atoms with Gasteiger partial charge in [0.25, 0.3) is 0 Å². The Hall–Kier alpha value is -0.550. The first-order chi connectivity index (χ1) is 12.1. The van der Waals surface area contributed by atoms with Crippen LogP contribution in [0.25, 0.3) is 0 Å². The molecule has 25 heavy (non-hydrogen) atoms. The summed E-state index contributed by atoms with van der Waals surface area (Å²) < 4.78 is 0. The zero-order valence-corrected chi connectivity index (χ0v) is 17.5. The number of rotatable bonds is 9. The van der Waals surface area contributed by atoms with Crippen molar-refractivity contribution in [3.8, 4) is 0 Å². The van der Waals surface area contributed by atoms with Crippen LogP contribution in [0.4, 0.5) is 0 Å². The second kappa shape index (κ2) is 13.6. The van der Waals surface area contributed by atoms with E-state index in [0.717, 1.165) is 26.1 Å². The van der Waals surface area contributed by atoms with Gasteiger partial charge in [0, 0.05) is 24.6 Å². The molecule has 1 saturated heterocycles. The van der Waals surface area contributed by atoms with Gasteiger partial charge in [0.2, 0.25) is 0 Å². The van der Waals surface area contributed by atoms with Crippen molar-refractivity contribution in [1.82, 2.24) is 9.80 Å². The summed E-state index contributed by atoms with van der Waals surface area (Å²) in [4.78, 5) is 6.10. The predicted octanol–water partition coefficient (Wildman–Crippen LogP) is 4.35. The van der Waals surface area contributed by atoms with Crippen molar-refractivity contribution in [2.45, 2.75) is 51.0 Å². The molecule has 1 N–H and O–H groups in total. The summed E-state index contributed by atoms with van der Waals surface area (Å²) in [6.07, 6.45) is 7.31. The molecular weight excluding hydrogens is 328 g/mol. The van der Waals surface area contributed by atoms with Crippen LogP contribution >= 0.6 is 11.8 Å². The van der Waals surface area contributed by atoms with E-state index in [1.165, 1.54) is 42.8 Å². The Balaban J connectivity index is 0.000000299. The number of hydrogen-bond acceptors (Lipinski definition) is 4. The Morgan fingerprint density at radius 1 is 1.20 bits per heavy atom. The molecule has 1 aliphatic rings. The summed E-state index contributed by atoms with van der Waals surface area (Å²) >= 11 is 1.78. The molecule has 0 aromatic heterocycles. The number of hydrogen-bond donors (Lipinski definition) is 1. The fourth-order valence-electron chi connectivity index (χ4n) is 2.98. The van der Waals surface area contributed by atoms with Crippen molar-refractivity contribution in [1.29, 1.82) is 0 Å². The molecular formula is C21H38N2OS. The highest BCUT2D eigenvalue weighted by Crippen LogP contribution is 2.20. The summed E-state index contributed by atoms with van der Waals surface area (Å²) in [7, 11) is 2.18. The molecule has 3 nitrogen and oxygen atoms in total. The SMILES string of the molecule is CCCCCN(C)CC.CSc1ccc(CN2CC[C@@H](CO)C2)cc1. The molecule has 1 aromatic carbocycles. The van der Waals surface area contributed by atoms with E-state index in [1.54, 1.807) is 11.8 Å². The van der Waals surface area contributed by atoms with Crippen molar-refractivity contribution in [2.75, 3.05) is 46.1 Å². The zero-order chi connectivity index (χ0) is 18.5. The third kappa shape index (κ3) is 9.64. The van der Waals surface area contributed by atoms with Crippen LogP contribution in [0, 0.1) is 5.92 Å². The molecule has 1 fully saturated rings. The third-order valence-electron chi connectivity index (χ3n) is 4.88. The van der Waals surface area contributed by atoms with Crippen molar-refractivity contribution in [3.05, 3.63) is 29.8 Å². The fourth-order valence-corrected chi connectivity index (χ4v) is 3.39. The van der Waals surface area contributed by atoms with Gasteiger partial charge < -0.3 is 10.0 Å². The summed E-state index contributed by atoms with van der Waals surface area (Å²) in [6, 6.07) is 8.77. The largest absolute Gasteiger partial charge is 0.396 e. The van der Waals surface area contributed by atoms with E-state index in [1.807, 2.05) is 0 Å². The Labute approximate surface area is 159 Å². The zero-order valence-electron chi connectivity index (χ0n) is 16.7. The average molecular weight is 367 g/mol. The minimum absolute atomic E-state index is 0.335. The third-order valence-corrected chi connectivity index (χ3v) is 5.62. The maximum atomic E-state index is 9.09. The number of benzene rings is 1. The summed E-state index contributed by atoms with van der Waals surface area (Å²) in [5, 5.41) is 9.09. The lowest BCUT2D eigenvalue weighted by Gasteiger charge is -2.15. The van der Waals surface area contributed by atoms with Crippen LogP contribution in [0.1, 0.15) is 45.1 Å². The smallest absolute Gasteiger partial charge is 0.0471 e. The normalized spacial score (nSPS) is 17.6. The number of thioether (sulfide) groups is 1. The number of likely N-dealkylation sites (tertiary alicyclic amines) is 1. The molecule has 0 radical (unpaired) electrons. The molecule has 1 heterocycles. The summed E-state index contributed by atoms with van der Waals surface area (Å²) in [5.74, 6) is 0.491. The molecule has 0 bridgehead atoms. The van der Waals surface area contributed by atoms with E-state index >= 15 is 0 Å². The molecule has 1 atom stereocenters. The molecule has 0 unspecified atom stereocenters. The lowest BCUT2D eigenvalue weighted by atomic mass is 10.1. The first-order valence-electron chi connectivity index (χ1n) is 9.77. The van der Waals surface area contributed by atoms with E-state index in [2.05, 4.69) is 61.2 Å². The van der Waals surface area contributed by atoms with Gasteiger partial charge >= 0.3 is 0 Å². The van der Waals surface area contributed by atoms with Gasteiger partial charge in [0.15, 0.2) is 0 Å². The molecule has 0 spiro atoms. The van der Waals surface area contributed by atoms with Gasteiger partial charge in [0.05, 0.1) is 0 Å². The van der Waals surface area contributed by atoms with Crippen LogP contribution in [0.5, 0.6) is 0 Å². The van der Waals surface area contributed by atoms with Crippen LogP contribution in [-0.2, 0) is 6.54 Å². The van der Waals surface area contributed by atoms with E-state index in [4.69, 9.17) is 5.11 Å². The van der Waals surface area contributed by atoms with Crippen molar-refractivity contribution >= 4 is 11.8 Å². The van der Waals surface area contributed by atoms with Gasteiger partial charge in [-0.2, -0.15) is 0 Å². The average Bonchev–Trinajstić information content (AvgIpc) is 3.10. The molecule has 0 aliphatic carbocycles. The molecule has 144 valence electrons. The van der Waals surface area contributed by atoms with Crippen molar-refractivity contribution < 1.29 is 5.11 Å². The van der Waals surface area contributed by atoms with Gasteiger partial charge in [-0.3, -0.25) is 4.90 Å². The van der Waals surface area contributed by atoms with Gasteiger partial charge in [-0.1, -0.05) is 38.8 Å². The monoisotopic (exact) mass is 366 g/mol. The van der Waals surface area contributed by atoms with Gasteiger partial charge in [-0.05, 0) is 69.4 Å². The van der Waals surface area contributed by atoms with Gasteiger partial charge in [-0.15, -0.1) is 11.8 Å². The molecule has 1 aromatic rings. The second-order valence-corrected chi connectivity index (χ2v) is 7.90. The maximum absolute atomic E-state index is 9.09. The van der Waals surface area contributed by atoms with Crippen LogP contribution < -0.4 is 0 Å². The minimum Gasteiger partial charge on any atom is -0.396 e. The Bertz CT molecular complexity index is 438. The number of nitrogens with zero attached hydrogens (tertiary/aromatic N) is 2. The highest BCUT2D eigenvalue weighted by molar-refractivity contribution is 7.98. The van der Waals surface area contributed by atoms with Crippen molar-refractivity contribution in [2.24, 2.45) is 5.92 Å². The first-order valence-corrected chi connectivity index (χ1v) is 11.0. The van der Waals surface area contributed by atoms with Crippen LogP contribution in [0.15, 0.2) is 29.2 Å². The Morgan fingerprint density at radius 3 is 2.44 bits per heavy atom. The van der Waals surface area contributed by atoms with Crippen molar-refractivity contribution in [3.63, 3.8) is 0 Å². The minimum atomic E-state index is 0.335.